The number of pyridine rings is 2. The Balaban J connectivity index is 0.000000623. The molecule has 2 aromatic heterocycles. The van der Waals surface area contributed by atoms with Crippen LogP contribution in [0.5, 0.6) is 0 Å². The number of carboxylic acids is 1. The molecular weight excluding hydrogens is 535 g/mol. The summed E-state index contributed by atoms with van der Waals surface area (Å²) in [7, 11) is 1.60. The van der Waals surface area contributed by atoms with Crippen LogP contribution in [0.15, 0.2) is 41.5 Å². The van der Waals surface area contributed by atoms with E-state index in [1.807, 2.05) is 17.0 Å². The molecule has 0 atom stereocenters. The number of anilines is 3. The fourth-order valence-electron chi connectivity index (χ4n) is 4.94. The second-order valence-corrected chi connectivity index (χ2v) is 10.1. The highest BCUT2D eigenvalue weighted by molar-refractivity contribution is 5.93. The number of hydrogen-bond donors (Lipinski definition) is 2. The fraction of sp³-hybridized carbons (Fsp3) is 0.393. The SMILES string of the molecule is CNC(C)=O.O=C(O)c1cn(C2CC2)c2cc(N3CCN(c4ccc(N5CCOC5=O)cn4)CC3)c(F)cc2c1=O. The van der Waals surface area contributed by atoms with Crippen LogP contribution in [0.2, 0.25) is 0 Å². The maximum atomic E-state index is 15.2. The maximum Gasteiger partial charge on any atom is 0.414 e. The number of cyclic esters (lactones) is 1. The van der Waals surface area contributed by atoms with Crippen molar-refractivity contribution in [1.82, 2.24) is 14.9 Å². The Kier molecular flexibility index (Phi) is 7.77. The standard InChI is InChI=1S/C25H24FN5O5.C3H7NO/c26-19-11-17-20(31(15-1-2-15)14-18(23(17)32)24(33)34)12-21(19)28-5-7-29(8-6-28)22-4-3-16(13-27-22)30-9-10-36-25(30)35;1-3(5)4-2/h3-4,11-15H,1-2,5-10H2,(H,33,34);1-2H3,(H,4,5). The van der Waals surface area contributed by atoms with Crippen molar-refractivity contribution >= 4 is 46.1 Å². The number of benzene rings is 1. The quantitative estimate of drug-likeness (QED) is 0.477. The van der Waals surface area contributed by atoms with Gasteiger partial charge in [-0.2, -0.15) is 0 Å². The number of piperazine rings is 1. The zero-order chi connectivity index (χ0) is 29.3. The van der Waals surface area contributed by atoms with Gasteiger partial charge in [0.25, 0.3) is 0 Å². The first-order chi connectivity index (χ1) is 19.7. The average Bonchev–Trinajstić information content (AvgIpc) is 3.73. The highest BCUT2D eigenvalue weighted by Gasteiger charge is 2.29. The molecule has 2 saturated heterocycles. The summed E-state index contributed by atoms with van der Waals surface area (Å²) >= 11 is 0. The van der Waals surface area contributed by atoms with Gasteiger partial charge in [0.15, 0.2) is 0 Å². The number of ether oxygens (including phenoxy) is 1. The van der Waals surface area contributed by atoms with Gasteiger partial charge in [0.05, 0.1) is 29.6 Å². The van der Waals surface area contributed by atoms with Crippen molar-refractivity contribution in [2.24, 2.45) is 0 Å². The fourth-order valence-corrected chi connectivity index (χ4v) is 4.94. The van der Waals surface area contributed by atoms with Gasteiger partial charge in [-0.3, -0.25) is 14.5 Å². The van der Waals surface area contributed by atoms with Gasteiger partial charge < -0.3 is 29.5 Å². The van der Waals surface area contributed by atoms with Crippen LogP contribution in [0.25, 0.3) is 10.9 Å². The largest absolute Gasteiger partial charge is 0.477 e. The number of nitrogens with one attached hydrogen (secondary N) is 1. The molecule has 0 radical (unpaired) electrons. The molecule has 1 saturated carbocycles. The summed E-state index contributed by atoms with van der Waals surface area (Å²) in [5, 5.41) is 11.9. The number of carbonyl (C=O) groups excluding carboxylic acids is 2. The Morgan fingerprint density at radius 2 is 1.76 bits per heavy atom. The van der Waals surface area contributed by atoms with E-state index < -0.39 is 17.2 Å². The van der Waals surface area contributed by atoms with Crippen molar-refractivity contribution in [2.75, 3.05) is 61.1 Å². The molecule has 1 aromatic carbocycles. The first-order valence-corrected chi connectivity index (χ1v) is 13.4. The van der Waals surface area contributed by atoms with Crippen molar-refractivity contribution in [1.29, 1.82) is 0 Å². The lowest BCUT2D eigenvalue weighted by molar-refractivity contribution is -0.118. The van der Waals surface area contributed by atoms with Gasteiger partial charge in [0.2, 0.25) is 11.3 Å². The molecule has 6 rings (SSSR count). The van der Waals surface area contributed by atoms with E-state index in [9.17, 15) is 24.3 Å². The van der Waals surface area contributed by atoms with Gasteiger partial charge in [-0.15, -0.1) is 0 Å². The second-order valence-electron chi connectivity index (χ2n) is 10.1. The molecule has 3 aliphatic rings. The monoisotopic (exact) mass is 566 g/mol. The predicted octanol–water partition coefficient (Wildman–Crippen LogP) is 2.60. The molecule has 13 heteroatoms. The van der Waals surface area contributed by atoms with Crippen molar-refractivity contribution in [2.45, 2.75) is 25.8 Å². The van der Waals surface area contributed by atoms with Crippen LogP contribution in [0.3, 0.4) is 0 Å². The molecule has 2 amide bonds. The molecule has 2 N–H and O–H groups in total. The van der Waals surface area contributed by atoms with Crippen LogP contribution < -0.4 is 25.4 Å². The van der Waals surface area contributed by atoms with Gasteiger partial charge >= 0.3 is 12.1 Å². The summed E-state index contributed by atoms with van der Waals surface area (Å²) in [4.78, 5) is 55.8. The number of hydrogen-bond acceptors (Lipinski definition) is 8. The highest BCUT2D eigenvalue weighted by Crippen LogP contribution is 2.38. The van der Waals surface area contributed by atoms with E-state index in [0.29, 0.717) is 56.2 Å². The Morgan fingerprint density at radius 1 is 1.07 bits per heavy atom. The first-order valence-electron chi connectivity index (χ1n) is 13.4. The molecule has 0 unspecified atom stereocenters. The maximum absolute atomic E-state index is 15.2. The van der Waals surface area contributed by atoms with E-state index in [2.05, 4.69) is 15.2 Å². The van der Waals surface area contributed by atoms with Gasteiger partial charge in [-0.05, 0) is 37.1 Å². The van der Waals surface area contributed by atoms with Crippen molar-refractivity contribution in [3.8, 4) is 0 Å². The summed E-state index contributed by atoms with van der Waals surface area (Å²) in [6.07, 6.45) is 4.46. The van der Waals surface area contributed by atoms with Crippen LogP contribution in [0.4, 0.5) is 26.4 Å². The zero-order valence-electron chi connectivity index (χ0n) is 22.8. The van der Waals surface area contributed by atoms with Crippen molar-refractivity contribution in [3.05, 3.63) is 58.3 Å². The minimum atomic E-state index is -1.31. The molecule has 216 valence electrons. The van der Waals surface area contributed by atoms with Gasteiger partial charge in [0, 0.05) is 57.8 Å². The third-order valence-electron chi connectivity index (χ3n) is 7.37. The summed E-state index contributed by atoms with van der Waals surface area (Å²) in [5.41, 5.74) is 0.640. The second kappa shape index (κ2) is 11.4. The molecule has 4 heterocycles. The lowest BCUT2D eigenvalue weighted by Gasteiger charge is -2.37. The van der Waals surface area contributed by atoms with E-state index in [-0.39, 0.29) is 29.0 Å². The van der Waals surface area contributed by atoms with Gasteiger partial charge in [-0.1, -0.05) is 0 Å². The number of aromatic carboxylic acids is 1. The van der Waals surface area contributed by atoms with Crippen LogP contribution in [-0.4, -0.2) is 79.0 Å². The summed E-state index contributed by atoms with van der Waals surface area (Å²) < 4.78 is 22.0. The Morgan fingerprint density at radius 3 is 2.29 bits per heavy atom. The average molecular weight is 567 g/mol. The van der Waals surface area contributed by atoms with Crippen LogP contribution >= 0.6 is 0 Å². The van der Waals surface area contributed by atoms with E-state index in [1.54, 1.807) is 23.9 Å². The Labute approximate surface area is 234 Å². The number of rotatable bonds is 5. The molecule has 3 aromatic rings. The summed E-state index contributed by atoms with van der Waals surface area (Å²) in [5.74, 6) is -1.07. The molecule has 12 nitrogen and oxygen atoms in total. The predicted molar refractivity (Wildman–Crippen MR) is 150 cm³/mol. The normalized spacial score (nSPS) is 16.8. The first kappa shape index (κ1) is 27.9. The molecular formula is C28H31FN6O6. The van der Waals surface area contributed by atoms with Gasteiger partial charge in [0.1, 0.15) is 23.8 Å². The van der Waals surface area contributed by atoms with Crippen LogP contribution in [-0.2, 0) is 9.53 Å². The minimum absolute atomic E-state index is 0.00463. The number of amides is 2. The van der Waals surface area contributed by atoms with E-state index in [4.69, 9.17) is 4.74 Å². The topological polar surface area (TPSA) is 137 Å². The zero-order valence-corrected chi connectivity index (χ0v) is 22.8. The lowest BCUT2D eigenvalue weighted by Crippen LogP contribution is -2.47. The van der Waals surface area contributed by atoms with Crippen LogP contribution in [0.1, 0.15) is 36.2 Å². The lowest BCUT2D eigenvalue weighted by atomic mass is 10.1. The molecule has 0 spiro atoms. The highest BCUT2D eigenvalue weighted by atomic mass is 19.1. The third kappa shape index (κ3) is 5.79. The third-order valence-corrected chi connectivity index (χ3v) is 7.37. The van der Waals surface area contributed by atoms with E-state index in [0.717, 1.165) is 18.7 Å². The number of carbonyl (C=O) groups is 3. The van der Waals surface area contributed by atoms with Gasteiger partial charge in [-0.25, -0.2) is 19.0 Å². The molecule has 3 fully saturated rings. The molecule has 1 aliphatic carbocycles. The van der Waals surface area contributed by atoms with E-state index >= 15 is 4.39 Å². The molecule has 2 aliphatic heterocycles. The number of fused-ring (bicyclic) bond motifs is 1. The number of halogens is 1. The number of nitrogens with zero attached hydrogens (tertiary/aromatic N) is 5. The van der Waals surface area contributed by atoms with Crippen LogP contribution in [0, 0.1) is 5.82 Å². The smallest absolute Gasteiger partial charge is 0.414 e. The number of aromatic nitrogens is 2. The van der Waals surface area contributed by atoms with Crippen molar-refractivity contribution < 1.29 is 28.6 Å². The summed E-state index contributed by atoms with van der Waals surface area (Å²) in [6.45, 7) is 4.66. The Bertz CT molecular complexity index is 1550. The van der Waals surface area contributed by atoms with Crippen molar-refractivity contribution in [3.63, 3.8) is 0 Å². The Hall–Kier alpha value is -4.68. The van der Waals surface area contributed by atoms with E-state index in [1.165, 1.54) is 24.1 Å². The molecule has 41 heavy (non-hydrogen) atoms. The summed E-state index contributed by atoms with van der Waals surface area (Å²) in [6, 6.07) is 6.68. The molecule has 0 bridgehead atoms. The number of carboxylic acid groups (broad SMARTS) is 1. The minimum Gasteiger partial charge on any atom is -0.477 e.